The second-order valence-electron chi connectivity index (χ2n) is 7.90. The standard InChI is InChI=1S/C23H24F3N3O2/c1-14-15(2)20(31-3)8-6-18(14)19-7-5-17-13-28(10-11-29(17)19)22(30)16-4-9-21(27-12-16)23(24,25)26/h4-6,8-9,12,19H,7,10-11,13H2,1-3H3/t19-/m1/s1. The lowest BCUT2D eigenvalue weighted by molar-refractivity contribution is -0.141. The third kappa shape index (κ3) is 3.86. The van der Waals surface area contributed by atoms with Crippen LogP contribution in [0, 0.1) is 13.8 Å². The van der Waals surface area contributed by atoms with Gasteiger partial charge >= 0.3 is 6.18 Å². The van der Waals surface area contributed by atoms with Gasteiger partial charge in [0, 0.05) is 25.0 Å². The lowest BCUT2D eigenvalue weighted by Gasteiger charge is -2.39. The highest BCUT2D eigenvalue weighted by Crippen LogP contribution is 2.40. The van der Waals surface area contributed by atoms with Gasteiger partial charge in [-0.05, 0) is 55.2 Å². The van der Waals surface area contributed by atoms with Crippen molar-refractivity contribution in [2.24, 2.45) is 0 Å². The summed E-state index contributed by atoms with van der Waals surface area (Å²) in [6, 6.07) is 6.36. The van der Waals surface area contributed by atoms with E-state index >= 15 is 0 Å². The van der Waals surface area contributed by atoms with Crippen molar-refractivity contribution >= 4 is 5.91 Å². The van der Waals surface area contributed by atoms with Crippen LogP contribution in [-0.2, 0) is 6.18 Å². The first-order valence-corrected chi connectivity index (χ1v) is 10.1. The predicted molar refractivity (Wildman–Crippen MR) is 110 cm³/mol. The molecule has 1 aromatic heterocycles. The summed E-state index contributed by atoms with van der Waals surface area (Å²) < 4.78 is 43.6. The SMILES string of the molecule is COc1ccc([C@H]2CC=C3CN(C(=O)c4ccc(C(F)(F)F)nc4)CCN32)c(C)c1C. The molecule has 1 amide bonds. The maximum atomic E-state index is 12.8. The zero-order chi connectivity index (χ0) is 22.3. The zero-order valence-corrected chi connectivity index (χ0v) is 17.7. The second-order valence-corrected chi connectivity index (χ2v) is 7.90. The van der Waals surface area contributed by atoms with Crippen molar-refractivity contribution in [3.63, 3.8) is 0 Å². The Bertz CT molecular complexity index is 1030. The molecule has 1 fully saturated rings. The molecular formula is C23H24F3N3O2. The Balaban J connectivity index is 1.47. The zero-order valence-electron chi connectivity index (χ0n) is 17.7. The van der Waals surface area contributed by atoms with Crippen molar-refractivity contribution in [2.75, 3.05) is 26.7 Å². The van der Waals surface area contributed by atoms with Crippen LogP contribution in [0.3, 0.4) is 0 Å². The van der Waals surface area contributed by atoms with E-state index in [4.69, 9.17) is 4.74 Å². The average molecular weight is 431 g/mol. The largest absolute Gasteiger partial charge is 0.496 e. The Morgan fingerprint density at radius 3 is 2.55 bits per heavy atom. The van der Waals surface area contributed by atoms with Gasteiger partial charge < -0.3 is 14.5 Å². The number of aromatic nitrogens is 1. The Labute approximate surface area is 179 Å². The van der Waals surface area contributed by atoms with Gasteiger partial charge in [-0.25, -0.2) is 0 Å². The number of hydrogen-bond acceptors (Lipinski definition) is 4. The van der Waals surface area contributed by atoms with E-state index in [-0.39, 0.29) is 17.5 Å². The van der Waals surface area contributed by atoms with Crippen LogP contribution in [0.15, 0.2) is 42.2 Å². The van der Waals surface area contributed by atoms with Gasteiger partial charge in [0.15, 0.2) is 0 Å². The summed E-state index contributed by atoms with van der Waals surface area (Å²) in [5, 5.41) is 0. The number of methoxy groups -OCH3 is 1. The first kappa shape index (κ1) is 21.2. The summed E-state index contributed by atoms with van der Waals surface area (Å²) in [4.78, 5) is 20.2. The second kappa shape index (κ2) is 7.90. The van der Waals surface area contributed by atoms with Crippen molar-refractivity contribution < 1.29 is 22.7 Å². The summed E-state index contributed by atoms with van der Waals surface area (Å²) in [7, 11) is 1.67. The van der Waals surface area contributed by atoms with E-state index < -0.39 is 11.9 Å². The first-order chi connectivity index (χ1) is 14.7. The van der Waals surface area contributed by atoms with Crippen LogP contribution in [0.2, 0.25) is 0 Å². The fourth-order valence-electron chi connectivity index (χ4n) is 4.39. The molecule has 2 aromatic rings. The molecule has 8 heteroatoms. The summed E-state index contributed by atoms with van der Waals surface area (Å²) in [5.41, 5.74) is 3.80. The molecule has 0 spiro atoms. The number of pyridine rings is 1. The van der Waals surface area contributed by atoms with Crippen molar-refractivity contribution in [3.05, 3.63) is 70.2 Å². The van der Waals surface area contributed by atoms with Gasteiger partial charge in [-0.2, -0.15) is 13.2 Å². The fraction of sp³-hybridized carbons (Fsp3) is 0.391. The van der Waals surface area contributed by atoms with Gasteiger partial charge in [-0.1, -0.05) is 12.1 Å². The van der Waals surface area contributed by atoms with Gasteiger partial charge in [0.2, 0.25) is 0 Å². The molecule has 3 heterocycles. The van der Waals surface area contributed by atoms with Crippen LogP contribution in [0.25, 0.3) is 0 Å². The van der Waals surface area contributed by atoms with Gasteiger partial charge in [-0.3, -0.25) is 9.78 Å². The van der Waals surface area contributed by atoms with Crippen LogP contribution in [0.4, 0.5) is 13.2 Å². The molecule has 1 aromatic carbocycles. The quantitative estimate of drug-likeness (QED) is 0.717. The van der Waals surface area contributed by atoms with E-state index in [1.807, 2.05) is 6.07 Å². The number of halogens is 3. The molecule has 31 heavy (non-hydrogen) atoms. The molecule has 1 atom stereocenters. The van der Waals surface area contributed by atoms with Gasteiger partial charge in [0.1, 0.15) is 11.4 Å². The minimum Gasteiger partial charge on any atom is -0.496 e. The molecule has 0 radical (unpaired) electrons. The molecule has 164 valence electrons. The number of piperazine rings is 1. The van der Waals surface area contributed by atoms with Crippen molar-refractivity contribution in [1.82, 2.24) is 14.8 Å². The number of nitrogens with zero attached hydrogens (tertiary/aromatic N) is 3. The highest BCUT2D eigenvalue weighted by atomic mass is 19.4. The normalized spacial score (nSPS) is 18.6. The maximum absolute atomic E-state index is 12.8. The number of alkyl halides is 3. The highest BCUT2D eigenvalue weighted by Gasteiger charge is 2.35. The summed E-state index contributed by atoms with van der Waals surface area (Å²) in [6.45, 7) is 5.76. The van der Waals surface area contributed by atoms with Crippen LogP contribution in [0.5, 0.6) is 5.75 Å². The van der Waals surface area contributed by atoms with Crippen LogP contribution in [0.1, 0.15) is 45.2 Å². The monoisotopic (exact) mass is 431 g/mol. The van der Waals surface area contributed by atoms with Crippen molar-refractivity contribution in [3.8, 4) is 5.75 Å². The summed E-state index contributed by atoms with van der Waals surface area (Å²) >= 11 is 0. The van der Waals surface area contributed by atoms with Crippen molar-refractivity contribution in [2.45, 2.75) is 32.5 Å². The average Bonchev–Trinajstić information content (AvgIpc) is 3.17. The van der Waals surface area contributed by atoms with E-state index in [1.165, 1.54) is 17.2 Å². The Hall–Kier alpha value is -3.03. The Morgan fingerprint density at radius 2 is 1.90 bits per heavy atom. The molecule has 4 rings (SSSR count). The number of fused-ring (bicyclic) bond motifs is 1. The molecule has 0 bridgehead atoms. The Kier molecular flexibility index (Phi) is 5.41. The number of benzene rings is 1. The van der Waals surface area contributed by atoms with E-state index in [9.17, 15) is 18.0 Å². The number of amides is 1. The molecule has 0 aliphatic carbocycles. The molecule has 1 saturated heterocycles. The van der Waals surface area contributed by atoms with Gasteiger partial charge in [0.25, 0.3) is 5.91 Å². The molecule has 0 N–H and O–H groups in total. The lowest BCUT2D eigenvalue weighted by atomic mass is 9.95. The first-order valence-electron chi connectivity index (χ1n) is 10.1. The molecule has 2 aliphatic rings. The molecule has 5 nitrogen and oxygen atoms in total. The number of carbonyl (C=O) groups excluding carboxylic acids is 1. The predicted octanol–water partition coefficient (Wildman–Crippen LogP) is 4.51. The smallest absolute Gasteiger partial charge is 0.433 e. The number of hydrogen-bond donors (Lipinski definition) is 0. The maximum Gasteiger partial charge on any atom is 0.433 e. The van der Waals surface area contributed by atoms with Crippen LogP contribution in [-0.4, -0.2) is 47.4 Å². The minimum atomic E-state index is -4.52. The minimum absolute atomic E-state index is 0.165. The van der Waals surface area contributed by atoms with E-state index in [1.54, 1.807) is 12.0 Å². The third-order valence-corrected chi connectivity index (χ3v) is 6.23. The van der Waals surface area contributed by atoms with E-state index in [0.717, 1.165) is 35.7 Å². The van der Waals surface area contributed by atoms with E-state index in [0.29, 0.717) is 19.6 Å². The topological polar surface area (TPSA) is 45.7 Å². The number of rotatable bonds is 3. The molecule has 0 unspecified atom stereocenters. The van der Waals surface area contributed by atoms with Crippen LogP contribution < -0.4 is 4.74 Å². The van der Waals surface area contributed by atoms with Crippen LogP contribution >= 0.6 is 0 Å². The fourth-order valence-corrected chi connectivity index (χ4v) is 4.39. The highest BCUT2D eigenvalue weighted by molar-refractivity contribution is 5.94. The molecule has 2 aliphatic heterocycles. The van der Waals surface area contributed by atoms with Crippen molar-refractivity contribution in [1.29, 1.82) is 0 Å². The third-order valence-electron chi connectivity index (χ3n) is 6.23. The summed E-state index contributed by atoms with van der Waals surface area (Å²) in [5.74, 6) is 0.565. The van der Waals surface area contributed by atoms with Gasteiger partial charge in [0.05, 0.1) is 25.3 Å². The number of ether oxygens (including phenoxy) is 1. The Morgan fingerprint density at radius 1 is 1.13 bits per heavy atom. The lowest BCUT2D eigenvalue weighted by Crippen LogP contribution is -2.46. The number of carbonyl (C=O) groups is 1. The molecular weight excluding hydrogens is 407 g/mol. The molecule has 0 saturated carbocycles. The summed E-state index contributed by atoms with van der Waals surface area (Å²) in [6.07, 6.45) is -0.512. The van der Waals surface area contributed by atoms with E-state index in [2.05, 4.69) is 35.9 Å². The van der Waals surface area contributed by atoms with Gasteiger partial charge in [-0.15, -0.1) is 0 Å².